The lowest BCUT2D eigenvalue weighted by Crippen LogP contribution is -2.35. The van der Waals surface area contributed by atoms with E-state index in [0.717, 1.165) is 19.4 Å². The van der Waals surface area contributed by atoms with E-state index in [0.29, 0.717) is 5.69 Å². The summed E-state index contributed by atoms with van der Waals surface area (Å²) in [5.41, 5.74) is 5.95. The number of primary amides is 1. The van der Waals surface area contributed by atoms with Crippen molar-refractivity contribution in [3.05, 3.63) is 28.8 Å². The Bertz CT molecular complexity index is 484. The highest BCUT2D eigenvalue weighted by Crippen LogP contribution is 2.21. The molecule has 4 N–H and O–H groups in total. The quantitative estimate of drug-likeness (QED) is 0.768. The monoisotopic (exact) mass is 267 g/mol. The van der Waals surface area contributed by atoms with E-state index in [2.05, 4.69) is 10.6 Å². The average Bonchev–Trinajstić information content (AvgIpc) is 2.81. The van der Waals surface area contributed by atoms with Gasteiger partial charge in [0.1, 0.15) is 0 Å². The fourth-order valence-corrected chi connectivity index (χ4v) is 2.20. The molecule has 5 nitrogen and oxygen atoms in total. The van der Waals surface area contributed by atoms with Gasteiger partial charge in [-0.1, -0.05) is 11.6 Å². The van der Waals surface area contributed by atoms with E-state index in [9.17, 15) is 9.59 Å². The molecule has 1 atom stereocenters. The third-order valence-electron chi connectivity index (χ3n) is 2.88. The molecule has 18 heavy (non-hydrogen) atoms. The number of anilines is 1. The molecule has 1 aliphatic heterocycles. The van der Waals surface area contributed by atoms with Gasteiger partial charge in [0.15, 0.2) is 0 Å². The Labute approximate surface area is 110 Å². The second-order valence-corrected chi connectivity index (χ2v) is 4.60. The Morgan fingerprint density at radius 3 is 2.78 bits per heavy atom. The van der Waals surface area contributed by atoms with Crippen molar-refractivity contribution in [1.29, 1.82) is 0 Å². The molecule has 1 aliphatic rings. The topological polar surface area (TPSA) is 84.2 Å². The van der Waals surface area contributed by atoms with Crippen molar-refractivity contribution in [2.24, 2.45) is 5.73 Å². The number of carbonyl (C=O) groups is 2. The van der Waals surface area contributed by atoms with Gasteiger partial charge in [-0.15, -0.1) is 0 Å². The molecular weight excluding hydrogens is 254 g/mol. The van der Waals surface area contributed by atoms with E-state index in [1.54, 1.807) is 6.07 Å². The Morgan fingerprint density at radius 1 is 1.44 bits per heavy atom. The zero-order valence-electron chi connectivity index (χ0n) is 9.70. The molecule has 0 aromatic heterocycles. The third-order valence-corrected chi connectivity index (χ3v) is 3.19. The van der Waals surface area contributed by atoms with E-state index < -0.39 is 5.91 Å². The maximum absolute atomic E-state index is 11.8. The van der Waals surface area contributed by atoms with Crippen molar-refractivity contribution in [2.75, 3.05) is 11.9 Å². The largest absolute Gasteiger partial charge is 0.366 e. The summed E-state index contributed by atoms with van der Waals surface area (Å²) in [6.45, 7) is 0.861. The van der Waals surface area contributed by atoms with E-state index in [4.69, 9.17) is 17.3 Å². The Balaban J connectivity index is 2.07. The fraction of sp³-hybridized carbons (Fsp3) is 0.333. The summed E-state index contributed by atoms with van der Waals surface area (Å²) in [4.78, 5) is 22.8. The number of amides is 2. The van der Waals surface area contributed by atoms with Crippen LogP contribution in [0.4, 0.5) is 5.69 Å². The molecule has 2 rings (SSSR count). The van der Waals surface area contributed by atoms with E-state index in [1.165, 1.54) is 12.1 Å². The fourth-order valence-electron chi connectivity index (χ4n) is 1.93. The summed E-state index contributed by atoms with van der Waals surface area (Å²) in [7, 11) is 0. The van der Waals surface area contributed by atoms with Crippen molar-refractivity contribution in [2.45, 2.75) is 18.9 Å². The third kappa shape index (κ3) is 2.80. The highest BCUT2D eigenvalue weighted by Gasteiger charge is 2.22. The van der Waals surface area contributed by atoms with Gasteiger partial charge < -0.3 is 16.4 Å². The molecule has 6 heteroatoms. The number of rotatable bonds is 3. The molecule has 0 unspecified atom stereocenters. The number of hydrogen-bond acceptors (Lipinski definition) is 3. The van der Waals surface area contributed by atoms with Crippen LogP contribution in [0.5, 0.6) is 0 Å². The van der Waals surface area contributed by atoms with Gasteiger partial charge in [0.05, 0.1) is 16.6 Å². The number of hydrogen-bond donors (Lipinski definition) is 3. The normalized spacial score (nSPS) is 18.6. The summed E-state index contributed by atoms with van der Waals surface area (Å²) in [6.07, 6.45) is 1.83. The number of benzene rings is 1. The highest BCUT2D eigenvalue weighted by atomic mass is 35.5. The zero-order valence-corrected chi connectivity index (χ0v) is 10.5. The molecule has 2 amide bonds. The van der Waals surface area contributed by atoms with Gasteiger partial charge in [0, 0.05) is 5.69 Å². The number of carbonyl (C=O) groups excluding carboxylic acids is 2. The van der Waals surface area contributed by atoms with Crippen molar-refractivity contribution < 1.29 is 9.59 Å². The lowest BCUT2D eigenvalue weighted by Gasteiger charge is -2.11. The minimum atomic E-state index is -0.588. The van der Waals surface area contributed by atoms with Crippen molar-refractivity contribution in [3.8, 4) is 0 Å². The number of nitrogens with two attached hydrogens (primary N) is 1. The summed E-state index contributed by atoms with van der Waals surface area (Å²) in [5, 5.41) is 6.09. The molecule has 1 saturated heterocycles. The van der Waals surface area contributed by atoms with Crippen molar-refractivity contribution in [3.63, 3.8) is 0 Å². The van der Waals surface area contributed by atoms with Crippen LogP contribution in [0.25, 0.3) is 0 Å². The first kappa shape index (κ1) is 12.9. The maximum atomic E-state index is 11.8. The molecule has 0 aliphatic carbocycles. The van der Waals surface area contributed by atoms with Crippen LogP contribution in [0.15, 0.2) is 18.2 Å². The van der Waals surface area contributed by atoms with Crippen LogP contribution in [0.1, 0.15) is 23.2 Å². The second-order valence-electron chi connectivity index (χ2n) is 4.20. The summed E-state index contributed by atoms with van der Waals surface area (Å²) in [6, 6.07) is 4.48. The van der Waals surface area contributed by atoms with Crippen molar-refractivity contribution in [1.82, 2.24) is 5.32 Å². The van der Waals surface area contributed by atoms with E-state index >= 15 is 0 Å². The average molecular weight is 268 g/mol. The lowest BCUT2D eigenvalue weighted by atomic mass is 10.1. The molecule has 0 spiro atoms. The van der Waals surface area contributed by atoms with Crippen LogP contribution in [-0.4, -0.2) is 24.4 Å². The lowest BCUT2D eigenvalue weighted by molar-refractivity contribution is -0.117. The van der Waals surface area contributed by atoms with E-state index in [1.807, 2.05) is 0 Å². The van der Waals surface area contributed by atoms with Crippen LogP contribution >= 0.6 is 11.6 Å². The Morgan fingerprint density at radius 2 is 2.22 bits per heavy atom. The number of nitrogens with one attached hydrogen (secondary N) is 2. The van der Waals surface area contributed by atoms with Crippen LogP contribution < -0.4 is 16.4 Å². The minimum Gasteiger partial charge on any atom is -0.366 e. The molecule has 1 aromatic carbocycles. The van der Waals surface area contributed by atoms with Gasteiger partial charge in [-0.25, -0.2) is 0 Å². The van der Waals surface area contributed by atoms with Crippen LogP contribution in [0.2, 0.25) is 5.02 Å². The molecular formula is C12H14ClN3O2. The molecule has 0 bridgehead atoms. The molecule has 0 radical (unpaired) electrons. The SMILES string of the molecule is NC(=O)c1ccc(NC(=O)[C@@H]2CCCN2)cc1Cl. The van der Waals surface area contributed by atoms with Gasteiger partial charge in [0.25, 0.3) is 0 Å². The summed E-state index contributed by atoms with van der Waals surface area (Å²) in [5.74, 6) is -0.675. The molecule has 1 fully saturated rings. The second kappa shape index (κ2) is 5.37. The van der Waals surface area contributed by atoms with Crippen LogP contribution in [0.3, 0.4) is 0 Å². The van der Waals surface area contributed by atoms with Gasteiger partial charge >= 0.3 is 0 Å². The maximum Gasteiger partial charge on any atom is 0.250 e. The van der Waals surface area contributed by atoms with Crippen molar-refractivity contribution >= 4 is 29.1 Å². The van der Waals surface area contributed by atoms with Gasteiger partial charge in [-0.3, -0.25) is 9.59 Å². The smallest absolute Gasteiger partial charge is 0.250 e. The minimum absolute atomic E-state index is 0.0876. The zero-order chi connectivity index (χ0) is 13.1. The summed E-state index contributed by atoms with van der Waals surface area (Å²) >= 11 is 5.90. The van der Waals surface area contributed by atoms with Crippen LogP contribution in [-0.2, 0) is 4.79 Å². The number of halogens is 1. The Hall–Kier alpha value is -1.59. The van der Waals surface area contributed by atoms with E-state index in [-0.39, 0.29) is 22.5 Å². The Kier molecular flexibility index (Phi) is 3.84. The predicted octanol–water partition coefficient (Wildman–Crippen LogP) is 1.13. The first-order valence-electron chi connectivity index (χ1n) is 5.71. The predicted molar refractivity (Wildman–Crippen MR) is 69.6 cm³/mol. The summed E-state index contributed by atoms with van der Waals surface area (Å²) < 4.78 is 0. The first-order chi connectivity index (χ1) is 8.58. The van der Waals surface area contributed by atoms with Gasteiger partial charge in [-0.2, -0.15) is 0 Å². The standard InChI is InChI=1S/C12H14ClN3O2/c13-9-6-7(3-4-8(9)11(14)17)16-12(18)10-2-1-5-15-10/h3-4,6,10,15H,1-2,5H2,(H2,14,17)(H,16,18)/t10-/m0/s1. The van der Waals surface area contributed by atoms with Crippen LogP contribution in [0, 0.1) is 0 Å². The van der Waals surface area contributed by atoms with Gasteiger partial charge in [0.2, 0.25) is 11.8 Å². The van der Waals surface area contributed by atoms with Gasteiger partial charge in [-0.05, 0) is 37.6 Å². The molecule has 96 valence electrons. The molecule has 1 aromatic rings. The molecule has 1 heterocycles. The first-order valence-corrected chi connectivity index (χ1v) is 6.09. The molecule has 0 saturated carbocycles. The highest BCUT2D eigenvalue weighted by molar-refractivity contribution is 6.34.